The summed E-state index contributed by atoms with van der Waals surface area (Å²) in [6.07, 6.45) is 9.67. The number of carbonyl (C=O) groups excluding carboxylic acids is 1. The van der Waals surface area contributed by atoms with E-state index in [1.54, 1.807) is 6.20 Å². The lowest BCUT2D eigenvalue weighted by molar-refractivity contribution is -0.118. The van der Waals surface area contributed by atoms with Gasteiger partial charge in [0.2, 0.25) is 5.91 Å². The zero-order valence-electron chi connectivity index (χ0n) is 7.65. The van der Waals surface area contributed by atoms with Crippen molar-refractivity contribution in [2.45, 2.75) is 13.8 Å². The van der Waals surface area contributed by atoms with Gasteiger partial charge in [0, 0.05) is 17.5 Å². The number of terminal acetylenes is 1. The molecule has 1 aromatic heterocycles. The molecule has 0 aliphatic heterocycles. The van der Waals surface area contributed by atoms with E-state index in [0.29, 0.717) is 5.13 Å². The third-order valence-electron chi connectivity index (χ3n) is 1.19. The van der Waals surface area contributed by atoms with Crippen LogP contribution in [0.2, 0.25) is 0 Å². The first kappa shape index (κ1) is 11.7. The van der Waals surface area contributed by atoms with E-state index in [4.69, 9.17) is 0 Å². The van der Waals surface area contributed by atoms with Crippen LogP contribution < -0.4 is 5.32 Å². The van der Waals surface area contributed by atoms with E-state index < -0.39 is 0 Å². The second kappa shape index (κ2) is 6.21. The number of hydrogen-bond donors (Lipinski definition) is 1. The molecule has 0 aliphatic rings. The van der Waals surface area contributed by atoms with Crippen LogP contribution in [0.1, 0.15) is 13.8 Å². The normalized spacial score (nSPS) is 8.69. The molecule has 0 fully saturated rings. The second-order valence-corrected chi connectivity index (χ2v) is 3.38. The molecule has 0 spiro atoms. The van der Waals surface area contributed by atoms with Crippen LogP contribution >= 0.6 is 11.3 Å². The largest absolute Gasteiger partial charge is 0.302 e. The summed E-state index contributed by atoms with van der Waals surface area (Å²) >= 11 is 1.43. The summed E-state index contributed by atoms with van der Waals surface area (Å²) in [4.78, 5) is 15.0. The van der Waals surface area contributed by atoms with Gasteiger partial charge in [0.15, 0.2) is 5.13 Å². The summed E-state index contributed by atoms with van der Waals surface area (Å²) in [6.45, 7) is 3.70. The Morgan fingerprint density at radius 3 is 2.62 bits per heavy atom. The number of rotatable bonds is 2. The Labute approximate surface area is 82.2 Å². The van der Waals surface area contributed by atoms with Gasteiger partial charge in [-0.1, -0.05) is 13.8 Å². The molecule has 0 saturated carbocycles. The Hall–Kier alpha value is -1.34. The Bertz CT molecular complexity index is 264. The van der Waals surface area contributed by atoms with Gasteiger partial charge >= 0.3 is 0 Å². The van der Waals surface area contributed by atoms with E-state index in [1.807, 2.05) is 19.2 Å². The van der Waals surface area contributed by atoms with Crippen LogP contribution in [0, 0.1) is 18.8 Å². The van der Waals surface area contributed by atoms with E-state index in [2.05, 4.69) is 23.1 Å². The average molecular weight is 196 g/mol. The zero-order valence-corrected chi connectivity index (χ0v) is 8.47. The van der Waals surface area contributed by atoms with Crippen LogP contribution in [-0.4, -0.2) is 10.9 Å². The minimum atomic E-state index is 0.0129. The summed E-state index contributed by atoms with van der Waals surface area (Å²) in [5.41, 5.74) is 0. The molecule has 1 amide bonds. The minimum absolute atomic E-state index is 0.0129. The van der Waals surface area contributed by atoms with Crippen molar-refractivity contribution in [2.24, 2.45) is 5.92 Å². The smallest absolute Gasteiger partial charge is 0.228 e. The van der Waals surface area contributed by atoms with Crippen molar-refractivity contribution < 1.29 is 4.79 Å². The Balaban J connectivity index is 0.000000671. The van der Waals surface area contributed by atoms with E-state index in [-0.39, 0.29) is 11.8 Å². The van der Waals surface area contributed by atoms with Crippen molar-refractivity contribution in [1.29, 1.82) is 0 Å². The monoisotopic (exact) mass is 196 g/mol. The van der Waals surface area contributed by atoms with Crippen molar-refractivity contribution in [3.63, 3.8) is 0 Å². The number of carbonyl (C=O) groups is 1. The van der Waals surface area contributed by atoms with Crippen molar-refractivity contribution in [3.8, 4) is 12.8 Å². The highest BCUT2D eigenvalue weighted by molar-refractivity contribution is 7.13. The molecule has 1 aromatic rings. The highest BCUT2D eigenvalue weighted by atomic mass is 32.1. The van der Waals surface area contributed by atoms with E-state index in [9.17, 15) is 4.79 Å². The molecule has 1 N–H and O–H groups in total. The zero-order chi connectivity index (χ0) is 10.3. The van der Waals surface area contributed by atoms with E-state index in [1.165, 1.54) is 11.3 Å². The predicted octanol–water partition coefficient (Wildman–Crippen LogP) is 1.99. The lowest BCUT2D eigenvalue weighted by atomic mass is 10.2. The summed E-state index contributed by atoms with van der Waals surface area (Å²) < 4.78 is 0. The number of nitrogens with one attached hydrogen (secondary N) is 1. The fraction of sp³-hybridized carbons (Fsp3) is 0.333. The van der Waals surface area contributed by atoms with Gasteiger partial charge in [0.25, 0.3) is 0 Å². The summed E-state index contributed by atoms with van der Waals surface area (Å²) in [6, 6.07) is 0. The quantitative estimate of drug-likeness (QED) is 0.735. The Morgan fingerprint density at radius 1 is 1.62 bits per heavy atom. The van der Waals surface area contributed by atoms with Gasteiger partial charge in [0.1, 0.15) is 0 Å². The first-order chi connectivity index (χ1) is 6.20. The number of nitrogens with zero attached hydrogens (tertiary/aromatic N) is 1. The number of thiazole rings is 1. The molecule has 13 heavy (non-hydrogen) atoms. The van der Waals surface area contributed by atoms with Crippen molar-refractivity contribution >= 4 is 22.4 Å². The third-order valence-corrected chi connectivity index (χ3v) is 1.88. The Kier molecular flexibility index (Phi) is 5.57. The molecule has 1 heterocycles. The fourth-order valence-electron chi connectivity index (χ4n) is 0.535. The highest BCUT2D eigenvalue weighted by Gasteiger charge is 2.07. The van der Waals surface area contributed by atoms with Gasteiger partial charge in [0.05, 0.1) is 0 Å². The molecule has 3 nitrogen and oxygen atoms in total. The first-order valence-corrected chi connectivity index (χ1v) is 4.62. The number of amides is 1. The molecule has 0 saturated heterocycles. The van der Waals surface area contributed by atoms with Crippen LogP contribution in [0.4, 0.5) is 5.13 Å². The summed E-state index contributed by atoms with van der Waals surface area (Å²) in [7, 11) is 0. The maximum Gasteiger partial charge on any atom is 0.228 e. The number of aromatic nitrogens is 1. The molecule has 4 heteroatoms. The predicted molar refractivity (Wildman–Crippen MR) is 55.5 cm³/mol. The molecule has 70 valence electrons. The summed E-state index contributed by atoms with van der Waals surface area (Å²) in [5.74, 6) is 0.0267. The topological polar surface area (TPSA) is 42.0 Å². The van der Waals surface area contributed by atoms with Crippen LogP contribution in [0.25, 0.3) is 0 Å². The molecular weight excluding hydrogens is 184 g/mol. The van der Waals surface area contributed by atoms with E-state index >= 15 is 0 Å². The maximum atomic E-state index is 11.1. The first-order valence-electron chi connectivity index (χ1n) is 3.74. The van der Waals surface area contributed by atoms with Crippen LogP contribution in [0.15, 0.2) is 11.6 Å². The van der Waals surface area contributed by atoms with Crippen LogP contribution in [-0.2, 0) is 4.79 Å². The third kappa shape index (κ3) is 4.28. The summed E-state index contributed by atoms with van der Waals surface area (Å²) in [5, 5.41) is 5.19. The lowest BCUT2D eigenvalue weighted by Gasteiger charge is -2.02. The van der Waals surface area contributed by atoms with Gasteiger partial charge in [-0.25, -0.2) is 4.98 Å². The molecule has 0 bridgehead atoms. The minimum Gasteiger partial charge on any atom is -0.302 e. The number of hydrogen-bond acceptors (Lipinski definition) is 3. The van der Waals surface area contributed by atoms with Gasteiger partial charge in [-0.15, -0.1) is 24.2 Å². The van der Waals surface area contributed by atoms with Crippen molar-refractivity contribution in [1.82, 2.24) is 4.98 Å². The average Bonchev–Trinajstić information content (AvgIpc) is 2.60. The standard InChI is InChI=1S/C7H10N2OS.C2H2/c1-5(2)6(10)9-7-8-3-4-11-7;1-2/h3-5H,1-2H3,(H,8,9,10);1-2H. The van der Waals surface area contributed by atoms with Gasteiger partial charge in [-0.05, 0) is 0 Å². The van der Waals surface area contributed by atoms with Crippen LogP contribution in [0.5, 0.6) is 0 Å². The molecule has 0 aliphatic carbocycles. The van der Waals surface area contributed by atoms with Crippen LogP contribution in [0.3, 0.4) is 0 Å². The molecule has 0 radical (unpaired) electrons. The number of anilines is 1. The molecular formula is C9H12N2OS. The molecule has 1 rings (SSSR count). The van der Waals surface area contributed by atoms with Crippen molar-refractivity contribution in [3.05, 3.63) is 11.6 Å². The van der Waals surface area contributed by atoms with Gasteiger partial charge in [-0.3, -0.25) is 4.79 Å². The van der Waals surface area contributed by atoms with Gasteiger partial charge in [-0.2, -0.15) is 0 Å². The van der Waals surface area contributed by atoms with Gasteiger partial charge < -0.3 is 5.32 Å². The highest BCUT2D eigenvalue weighted by Crippen LogP contribution is 2.11. The van der Waals surface area contributed by atoms with Crippen molar-refractivity contribution in [2.75, 3.05) is 5.32 Å². The molecule has 0 unspecified atom stereocenters. The molecule has 0 atom stereocenters. The van der Waals surface area contributed by atoms with E-state index in [0.717, 1.165) is 0 Å². The lowest BCUT2D eigenvalue weighted by Crippen LogP contribution is -2.17. The SMILES string of the molecule is C#C.CC(C)C(=O)Nc1nccs1. The molecule has 0 aromatic carbocycles. The maximum absolute atomic E-state index is 11.1. The Morgan fingerprint density at radius 2 is 2.23 bits per heavy atom. The second-order valence-electron chi connectivity index (χ2n) is 2.48. The fourth-order valence-corrected chi connectivity index (χ4v) is 1.07.